The van der Waals surface area contributed by atoms with Crippen molar-refractivity contribution in [3.05, 3.63) is 33.8 Å². The van der Waals surface area contributed by atoms with Crippen LogP contribution in [-0.2, 0) is 0 Å². The Morgan fingerprint density at radius 1 is 1.30 bits per heavy atom. The van der Waals surface area contributed by atoms with Crippen LogP contribution in [0.25, 0.3) is 0 Å². The normalized spacial score (nSPS) is 10.7. The molecule has 2 rings (SSSR count). The average molecular weight is 362 g/mol. The molecule has 0 saturated carbocycles. The van der Waals surface area contributed by atoms with Crippen LogP contribution in [0.15, 0.2) is 22.7 Å². The molecular weight excluding hydrogens is 351 g/mol. The van der Waals surface area contributed by atoms with Crippen molar-refractivity contribution in [3.63, 3.8) is 0 Å². The zero-order valence-corrected chi connectivity index (χ0v) is 13.0. The van der Waals surface area contributed by atoms with Crippen LogP contribution < -0.4 is 10.1 Å². The smallest absolute Gasteiger partial charge is 0.322 e. The molecule has 0 bridgehead atoms. The Hall–Kier alpha value is -1.47. The molecule has 0 radical (unpaired) electrons. The van der Waals surface area contributed by atoms with Gasteiger partial charge in [0, 0.05) is 5.69 Å². The first kappa shape index (κ1) is 14.9. The molecule has 1 aromatic carbocycles. The minimum Gasteiger partial charge on any atom is -0.461 e. The number of aromatic nitrogens is 3. The zero-order valence-electron chi connectivity index (χ0n) is 10.7. The van der Waals surface area contributed by atoms with Crippen LogP contribution in [0.3, 0.4) is 0 Å². The Balaban J connectivity index is 2.24. The SMILES string of the molecule is CC(C)Oc1nc(Cl)nc(Nc2ccc(F)c(Br)c2)n1. The summed E-state index contributed by atoms with van der Waals surface area (Å²) in [6, 6.07) is 4.57. The average Bonchev–Trinajstić information content (AvgIpc) is 2.32. The maximum Gasteiger partial charge on any atom is 0.322 e. The van der Waals surface area contributed by atoms with Gasteiger partial charge in [-0.3, -0.25) is 0 Å². The molecule has 0 aliphatic rings. The molecule has 1 N–H and O–H groups in total. The second-order valence-electron chi connectivity index (χ2n) is 4.13. The highest BCUT2D eigenvalue weighted by atomic mass is 79.9. The predicted molar refractivity (Wildman–Crippen MR) is 78.0 cm³/mol. The minimum atomic E-state index is -0.354. The van der Waals surface area contributed by atoms with Crippen molar-refractivity contribution in [1.82, 2.24) is 15.0 Å². The highest BCUT2D eigenvalue weighted by molar-refractivity contribution is 9.10. The summed E-state index contributed by atoms with van der Waals surface area (Å²) in [6.45, 7) is 3.70. The van der Waals surface area contributed by atoms with Gasteiger partial charge in [0.15, 0.2) is 0 Å². The molecule has 5 nitrogen and oxygen atoms in total. The summed E-state index contributed by atoms with van der Waals surface area (Å²) >= 11 is 8.91. The van der Waals surface area contributed by atoms with Crippen molar-refractivity contribution in [2.75, 3.05) is 5.32 Å². The minimum absolute atomic E-state index is 0.0133. The van der Waals surface area contributed by atoms with Gasteiger partial charge in [0.25, 0.3) is 0 Å². The molecule has 2 aromatic rings. The number of nitrogens with one attached hydrogen (secondary N) is 1. The predicted octanol–water partition coefficient (Wildman–Crippen LogP) is 3.96. The highest BCUT2D eigenvalue weighted by Crippen LogP contribution is 2.23. The fraction of sp³-hybridized carbons (Fsp3) is 0.250. The van der Waals surface area contributed by atoms with E-state index in [2.05, 4.69) is 36.2 Å². The van der Waals surface area contributed by atoms with E-state index in [0.717, 1.165) is 0 Å². The highest BCUT2D eigenvalue weighted by Gasteiger charge is 2.09. The van der Waals surface area contributed by atoms with Crippen molar-refractivity contribution in [2.24, 2.45) is 0 Å². The topological polar surface area (TPSA) is 59.9 Å². The number of hydrogen-bond acceptors (Lipinski definition) is 5. The second kappa shape index (κ2) is 6.32. The summed E-state index contributed by atoms with van der Waals surface area (Å²) in [5, 5.41) is 2.92. The van der Waals surface area contributed by atoms with Gasteiger partial charge in [0.1, 0.15) is 5.82 Å². The summed E-state index contributed by atoms with van der Waals surface area (Å²) in [7, 11) is 0. The summed E-state index contributed by atoms with van der Waals surface area (Å²) < 4.78 is 18.8. The van der Waals surface area contributed by atoms with Gasteiger partial charge in [-0.1, -0.05) is 0 Å². The van der Waals surface area contributed by atoms with Crippen molar-refractivity contribution in [1.29, 1.82) is 0 Å². The van der Waals surface area contributed by atoms with E-state index in [0.29, 0.717) is 10.2 Å². The fourth-order valence-electron chi connectivity index (χ4n) is 1.35. The van der Waals surface area contributed by atoms with E-state index in [1.54, 1.807) is 12.1 Å². The Kier molecular flexibility index (Phi) is 4.72. The molecule has 8 heteroatoms. The standard InChI is InChI=1S/C12H11BrClFN4O/c1-6(2)20-12-18-10(14)17-11(19-12)16-7-3-4-9(15)8(13)5-7/h3-6H,1-2H3,(H,16,17,18,19). The second-order valence-corrected chi connectivity index (χ2v) is 5.32. The number of halogens is 3. The molecule has 0 aliphatic carbocycles. The Bertz CT molecular complexity index is 626. The quantitative estimate of drug-likeness (QED) is 0.893. The van der Waals surface area contributed by atoms with Crippen LogP contribution in [0, 0.1) is 5.82 Å². The third-order valence-electron chi connectivity index (χ3n) is 2.10. The number of benzene rings is 1. The van der Waals surface area contributed by atoms with E-state index in [-0.39, 0.29) is 29.2 Å². The van der Waals surface area contributed by atoms with Gasteiger partial charge in [-0.15, -0.1) is 0 Å². The fourth-order valence-corrected chi connectivity index (χ4v) is 1.89. The number of anilines is 2. The van der Waals surface area contributed by atoms with Crippen molar-refractivity contribution < 1.29 is 9.13 Å². The first-order valence-corrected chi connectivity index (χ1v) is 6.91. The summed E-state index contributed by atoms with van der Waals surface area (Å²) in [6.07, 6.45) is -0.0821. The van der Waals surface area contributed by atoms with Crippen molar-refractivity contribution in [2.45, 2.75) is 20.0 Å². The van der Waals surface area contributed by atoms with E-state index in [1.165, 1.54) is 6.07 Å². The number of rotatable bonds is 4. The molecule has 0 fully saturated rings. The Labute approximate surface area is 128 Å². The number of ether oxygens (including phenoxy) is 1. The maximum atomic E-state index is 13.2. The molecule has 1 aromatic heterocycles. The molecular formula is C12H11BrClFN4O. The van der Waals surface area contributed by atoms with Gasteiger partial charge in [0.05, 0.1) is 10.6 Å². The lowest BCUT2D eigenvalue weighted by molar-refractivity contribution is 0.222. The molecule has 0 unspecified atom stereocenters. The van der Waals surface area contributed by atoms with Gasteiger partial charge < -0.3 is 10.1 Å². The van der Waals surface area contributed by atoms with Gasteiger partial charge in [0.2, 0.25) is 11.2 Å². The van der Waals surface area contributed by atoms with Crippen LogP contribution in [0.4, 0.5) is 16.0 Å². The van der Waals surface area contributed by atoms with E-state index in [1.807, 2.05) is 13.8 Å². The monoisotopic (exact) mass is 360 g/mol. The largest absolute Gasteiger partial charge is 0.461 e. The first-order chi connectivity index (χ1) is 9.44. The van der Waals surface area contributed by atoms with E-state index < -0.39 is 0 Å². The van der Waals surface area contributed by atoms with Gasteiger partial charge in [-0.05, 0) is 59.6 Å². The van der Waals surface area contributed by atoms with Crippen LogP contribution in [0.1, 0.15) is 13.8 Å². The van der Waals surface area contributed by atoms with Crippen LogP contribution in [-0.4, -0.2) is 21.1 Å². The van der Waals surface area contributed by atoms with Gasteiger partial charge in [-0.2, -0.15) is 15.0 Å². The molecule has 20 heavy (non-hydrogen) atoms. The number of nitrogens with zero attached hydrogens (tertiary/aromatic N) is 3. The summed E-state index contributed by atoms with van der Waals surface area (Å²) in [5.74, 6) is -0.132. The zero-order chi connectivity index (χ0) is 14.7. The molecule has 1 heterocycles. The Morgan fingerprint density at radius 3 is 2.70 bits per heavy atom. The third-order valence-corrected chi connectivity index (χ3v) is 2.88. The van der Waals surface area contributed by atoms with Crippen LogP contribution >= 0.6 is 27.5 Å². The number of hydrogen-bond donors (Lipinski definition) is 1. The molecule has 0 atom stereocenters. The first-order valence-electron chi connectivity index (χ1n) is 5.74. The van der Waals surface area contributed by atoms with E-state index in [4.69, 9.17) is 16.3 Å². The molecule has 0 saturated heterocycles. The Morgan fingerprint density at radius 2 is 2.05 bits per heavy atom. The third kappa shape index (κ3) is 4.01. The van der Waals surface area contributed by atoms with Gasteiger partial charge >= 0.3 is 6.01 Å². The van der Waals surface area contributed by atoms with E-state index in [9.17, 15) is 4.39 Å². The summed E-state index contributed by atoms with van der Waals surface area (Å²) in [4.78, 5) is 11.9. The van der Waals surface area contributed by atoms with Crippen LogP contribution in [0.2, 0.25) is 5.28 Å². The van der Waals surface area contributed by atoms with Crippen molar-refractivity contribution in [3.8, 4) is 6.01 Å². The lowest BCUT2D eigenvalue weighted by Crippen LogP contribution is -2.10. The van der Waals surface area contributed by atoms with Crippen LogP contribution in [0.5, 0.6) is 6.01 Å². The summed E-state index contributed by atoms with van der Waals surface area (Å²) in [5.41, 5.74) is 0.607. The molecule has 0 amide bonds. The van der Waals surface area contributed by atoms with Crippen molar-refractivity contribution >= 4 is 39.2 Å². The molecule has 0 spiro atoms. The van der Waals surface area contributed by atoms with E-state index >= 15 is 0 Å². The van der Waals surface area contributed by atoms with Gasteiger partial charge in [-0.25, -0.2) is 4.39 Å². The lowest BCUT2D eigenvalue weighted by atomic mass is 10.3. The molecule has 0 aliphatic heterocycles. The maximum absolute atomic E-state index is 13.2. The lowest BCUT2D eigenvalue weighted by Gasteiger charge is -2.10. The molecule has 106 valence electrons.